The zero-order valence-corrected chi connectivity index (χ0v) is 11.5. The molecule has 0 saturated carbocycles. The normalized spacial score (nSPS) is 10.3. The maximum Gasteiger partial charge on any atom is 0.335 e. The molecule has 0 heterocycles. The smallest absolute Gasteiger partial charge is 0.335 e. The van der Waals surface area contributed by atoms with Crippen LogP contribution < -0.4 is 10.5 Å². The Labute approximate surface area is 117 Å². The molecular weight excluding hydrogens is 254 g/mol. The zero-order valence-electron chi connectivity index (χ0n) is 11.5. The highest BCUT2D eigenvalue weighted by atomic mass is 16.5. The Kier molecular flexibility index (Phi) is 3.94. The predicted molar refractivity (Wildman–Crippen MR) is 78.1 cm³/mol. The van der Waals surface area contributed by atoms with Gasteiger partial charge in [-0.15, -0.1) is 0 Å². The van der Waals surface area contributed by atoms with Crippen LogP contribution in [0.2, 0.25) is 0 Å². The first kappa shape index (κ1) is 13.9. The van der Waals surface area contributed by atoms with Gasteiger partial charge in [0.05, 0.1) is 11.3 Å². The standard InChI is InChI=1S/C16H17NO3/c1-10-4-3-5-11(2)13(10)9-20-15-7-6-12(16(18)19)8-14(15)17/h3-8H,9,17H2,1-2H3,(H,18,19). The van der Waals surface area contributed by atoms with Gasteiger partial charge in [-0.3, -0.25) is 0 Å². The third kappa shape index (κ3) is 2.91. The third-order valence-electron chi connectivity index (χ3n) is 3.27. The summed E-state index contributed by atoms with van der Waals surface area (Å²) >= 11 is 0. The molecule has 4 heteroatoms. The molecule has 0 aliphatic carbocycles. The van der Waals surface area contributed by atoms with E-state index in [1.54, 1.807) is 6.07 Å². The molecule has 0 unspecified atom stereocenters. The summed E-state index contributed by atoms with van der Waals surface area (Å²) in [5, 5.41) is 8.88. The van der Waals surface area contributed by atoms with Crippen molar-refractivity contribution < 1.29 is 14.6 Å². The number of hydrogen-bond donors (Lipinski definition) is 2. The largest absolute Gasteiger partial charge is 0.487 e. The first-order chi connectivity index (χ1) is 9.49. The predicted octanol–water partition coefficient (Wildman–Crippen LogP) is 3.16. The molecule has 0 fully saturated rings. The molecule has 0 bridgehead atoms. The topological polar surface area (TPSA) is 72.5 Å². The summed E-state index contributed by atoms with van der Waals surface area (Å²) in [7, 11) is 0. The Morgan fingerprint density at radius 1 is 1.20 bits per heavy atom. The number of benzene rings is 2. The van der Waals surface area contributed by atoms with Crippen LogP contribution in [-0.2, 0) is 6.61 Å². The van der Waals surface area contributed by atoms with Gasteiger partial charge in [0, 0.05) is 0 Å². The van der Waals surface area contributed by atoms with Crippen molar-refractivity contribution in [2.75, 3.05) is 5.73 Å². The second-order valence-corrected chi connectivity index (χ2v) is 4.72. The fourth-order valence-corrected chi connectivity index (χ4v) is 2.04. The minimum absolute atomic E-state index is 0.155. The lowest BCUT2D eigenvalue weighted by Crippen LogP contribution is -2.04. The summed E-state index contributed by atoms with van der Waals surface area (Å²) in [5.74, 6) is -0.504. The molecule has 0 aliphatic heterocycles. The van der Waals surface area contributed by atoms with Crippen LogP contribution in [0, 0.1) is 13.8 Å². The number of rotatable bonds is 4. The van der Waals surface area contributed by atoms with Crippen molar-refractivity contribution in [3.05, 3.63) is 58.7 Å². The third-order valence-corrected chi connectivity index (χ3v) is 3.27. The molecule has 3 N–H and O–H groups in total. The van der Waals surface area contributed by atoms with E-state index in [-0.39, 0.29) is 5.56 Å². The highest BCUT2D eigenvalue weighted by Gasteiger charge is 2.08. The fraction of sp³-hybridized carbons (Fsp3) is 0.188. The summed E-state index contributed by atoms with van der Waals surface area (Å²) in [6, 6.07) is 10.5. The average Bonchev–Trinajstić information content (AvgIpc) is 2.39. The maximum absolute atomic E-state index is 10.8. The molecule has 104 valence electrons. The molecule has 2 aromatic rings. The van der Waals surface area contributed by atoms with Gasteiger partial charge in [0.25, 0.3) is 0 Å². The Hall–Kier alpha value is -2.49. The van der Waals surface area contributed by atoms with E-state index in [1.807, 2.05) is 32.0 Å². The minimum atomic E-state index is -1.00. The first-order valence-corrected chi connectivity index (χ1v) is 6.29. The van der Waals surface area contributed by atoms with E-state index in [1.165, 1.54) is 12.1 Å². The van der Waals surface area contributed by atoms with Crippen LogP contribution >= 0.6 is 0 Å². The van der Waals surface area contributed by atoms with Gasteiger partial charge in [-0.05, 0) is 48.7 Å². The van der Waals surface area contributed by atoms with Crippen LogP contribution in [0.1, 0.15) is 27.0 Å². The van der Waals surface area contributed by atoms with E-state index < -0.39 is 5.97 Å². The molecule has 0 saturated heterocycles. The van der Waals surface area contributed by atoms with Gasteiger partial charge in [0.1, 0.15) is 12.4 Å². The first-order valence-electron chi connectivity index (χ1n) is 6.29. The Balaban J connectivity index is 2.17. The minimum Gasteiger partial charge on any atom is -0.487 e. The number of hydrogen-bond acceptors (Lipinski definition) is 3. The van der Waals surface area contributed by atoms with E-state index in [4.69, 9.17) is 15.6 Å². The monoisotopic (exact) mass is 271 g/mol. The molecule has 2 rings (SSSR count). The van der Waals surface area contributed by atoms with Gasteiger partial charge < -0.3 is 15.6 Å². The molecule has 20 heavy (non-hydrogen) atoms. The number of carboxylic acid groups (broad SMARTS) is 1. The zero-order chi connectivity index (χ0) is 14.7. The van der Waals surface area contributed by atoms with E-state index in [9.17, 15) is 4.79 Å². The second-order valence-electron chi connectivity index (χ2n) is 4.72. The van der Waals surface area contributed by atoms with Crippen molar-refractivity contribution in [3.8, 4) is 5.75 Å². The van der Waals surface area contributed by atoms with Crippen molar-refractivity contribution in [3.63, 3.8) is 0 Å². The SMILES string of the molecule is Cc1cccc(C)c1COc1ccc(C(=O)O)cc1N. The van der Waals surface area contributed by atoms with Gasteiger partial charge in [-0.25, -0.2) is 4.79 Å². The molecular formula is C16H17NO3. The molecule has 0 atom stereocenters. The number of anilines is 1. The summed E-state index contributed by atoms with van der Waals surface area (Å²) in [5.41, 5.74) is 9.73. The summed E-state index contributed by atoms with van der Waals surface area (Å²) in [4.78, 5) is 10.8. The Morgan fingerprint density at radius 3 is 2.40 bits per heavy atom. The summed E-state index contributed by atoms with van der Waals surface area (Å²) in [6.45, 7) is 4.47. The number of ether oxygens (including phenoxy) is 1. The van der Waals surface area contributed by atoms with Crippen molar-refractivity contribution in [1.29, 1.82) is 0 Å². The van der Waals surface area contributed by atoms with E-state index >= 15 is 0 Å². The molecule has 0 radical (unpaired) electrons. The van der Waals surface area contributed by atoms with Gasteiger partial charge in [-0.1, -0.05) is 18.2 Å². The van der Waals surface area contributed by atoms with Crippen LogP contribution in [0.4, 0.5) is 5.69 Å². The molecule has 0 spiro atoms. The molecule has 0 aromatic heterocycles. The summed E-state index contributed by atoms with van der Waals surface area (Å²) in [6.07, 6.45) is 0. The summed E-state index contributed by atoms with van der Waals surface area (Å²) < 4.78 is 5.70. The van der Waals surface area contributed by atoms with Gasteiger partial charge >= 0.3 is 5.97 Å². The maximum atomic E-state index is 10.8. The van der Waals surface area contributed by atoms with Crippen LogP contribution in [0.5, 0.6) is 5.75 Å². The van der Waals surface area contributed by atoms with E-state index in [0.717, 1.165) is 16.7 Å². The van der Waals surface area contributed by atoms with E-state index in [0.29, 0.717) is 18.0 Å². The molecule has 4 nitrogen and oxygen atoms in total. The lowest BCUT2D eigenvalue weighted by molar-refractivity contribution is 0.0697. The highest BCUT2D eigenvalue weighted by Crippen LogP contribution is 2.24. The van der Waals surface area contributed by atoms with Gasteiger partial charge in [-0.2, -0.15) is 0 Å². The van der Waals surface area contributed by atoms with E-state index in [2.05, 4.69) is 0 Å². The quantitative estimate of drug-likeness (QED) is 0.838. The molecule has 0 aliphatic rings. The van der Waals surface area contributed by atoms with Crippen molar-refractivity contribution in [2.45, 2.75) is 20.5 Å². The van der Waals surface area contributed by atoms with Crippen molar-refractivity contribution >= 4 is 11.7 Å². The Morgan fingerprint density at radius 2 is 1.85 bits per heavy atom. The number of nitrogens with two attached hydrogens (primary N) is 1. The number of nitrogen functional groups attached to an aromatic ring is 1. The highest BCUT2D eigenvalue weighted by molar-refractivity contribution is 5.89. The average molecular weight is 271 g/mol. The Bertz CT molecular complexity index is 630. The van der Waals surface area contributed by atoms with Crippen molar-refractivity contribution in [1.82, 2.24) is 0 Å². The lowest BCUT2D eigenvalue weighted by atomic mass is 10.0. The molecule has 2 aromatic carbocycles. The number of carbonyl (C=O) groups is 1. The molecule has 0 amide bonds. The van der Waals surface area contributed by atoms with Crippen LogP contribution in [0.15, 0.2) is 36.4 Å². The van der Waals surface area contributed by atoms with Crippen molar-refractivity contribution in [2.24, 2.45) is 0 Å². The fourth-order valence-electron chi connectivity index (χ4n) is 2.04. The lowest BCUT2D eigenvalue weighted by Gasteiger charge is -2.13. The van der Waals surface area contributed by atoms with Gasteiger partial charge in [0.15, 0.2) is 0 Å². The number of aromatic carboxylic acids is 1. The van der Waals surface area contributed by atoms with Crippen LogP contribution in [0.25, 0.3) is 0 Å². The van der Waals surface area contributed by atoms with Gasteiger partial charge in [0.2, 0.25) is 0 Å². The van der Waals surface area contributed by atoms with Crippen LogP contribution in [-0.4, -0.2) is 11.1 Å². The second kappa shape index (κ2) is 5.65. The number of carboxylic acids is 1. The van der Waals surface area contributed by atoms with Crippen LogP contribution in [0.3, 0.4) is 0 Å². The number of aryl methyl sites for hydroxylation is 2.